The van der Waals surface area contributed by atoms with Crippen molar-refractivity contribution < 1.29 is 14.7 Å². The number of carbonyl (C=O) groups is 2. The molecule has 1 fully saturated rings. The van der Waals surface area contributed by atoms with E-state index in [1.807, 2.05) is 19.3 Å². The average molecular weight is 279 g/mol. The van der Waals surface area contributed by atoms with E-state index in [0.717, 1.165) is 18.5 Å². The zero-order valence-corrected chi connectivity index (χ0v) is 11.7. The maximum atomic E-state index is 12.0. The van der Waals surface area contributed by atoms with Crippen molar-refractivity contribution in [3.05, 3.63) is 18.0 Å². The molecule has 2 rings (SSSR count). The third-order valence-electron chi connectivity index (χ3n) is 3.84. The van der Waals surface area contributed by atoms with Crippen LogP contribution in [0.1, 0.15) is 31.4 Å². The number of nitrogens with one attached hydrogen (secondary N) is 1. The summed E-state index contributed by atoms with van der Waals surface area (Å²) in [5.41, 5.74) is 0.944. The Kier molecular flexibility index (Phi) is 4.76. The van der Waals surface area contributed by atoms with E-state index in [-0.39, 0.29) is 17.7 Å². The first-order chi connectivity index (χ1) is 9.56. The van der Waals surface area contributed by atoms with E-state index < -0.39 is 5.97 Å². The van der Waals surface area contributed by atoms with Crippen LogP contribution in [0.15, 0.2) is 12.3 Å². The molecule has 0 radical (unpaired) electrons. The first kappa shape index (κ1) is 14.6. The van der Waals surface area contributed by atoms with Gasteiger partial charge in [-0.2, -0.15) is 5.10 Å². The molecule has 1 amide bonds. The van der Waals surface area contributed by atoms with Crippen molar-refractivity contribution in [1.29, 1.82) is 0 Å². The Morgan fingerprint density at radius 3 is 2.85 bits per heavy atom. The number of carboxylic acids is 1. The molecule has 1 aromatic rings. The summed E-state index contributed by atoms with van der Waals surface area (Å²) in [5, 5.41) is 16.2. The molecule has 6 heteroatoms. The van der Waals surface area contributed by atoms with Crippen LogP contribution in [0.5, 0.6) is 0 Å². The zero-order valence-electron chi connectivity index (χ0n) is 11.7. The second-order valence-corrected chi connectivity index (χ2v) is 5.42. The van der Waals surface area contributed by atoms with E-state index in [1.54, 1.807) is 4.68 Å². The fraction of sp³-hybridized carbons (Fsp3) is 0.643. The van der Waals surface area contributed by atoms with Crippen LogP contribution in [0.3, 0.4) is 0 Å². The molecule has 1 aromatic heterocycles. The molecule has 1 aliphatic carbocycles. The van der Waals surface area contributed by atoms with Crippen molar-refractivity contribution in [2.45, 2.75) is 32.1 Å². The number of rotatable bonds is 5. The third-order valence-corrected chi connectivity index (χ3v) is 3.84. The van der Waals surface area contributed by atoms with E-state index in [0.29, 0.717) is 25.8 Å². The Morgan fingerprint density at radius 1 is 1.45 bits per heavy atom. The van der Waals surface area contributed by atoms with Gasteiger partial charge in [0, 0.05) is 32.1 Å². The highest BCUT2D eigenvalue weighted by Gasteiger charge is 2.30. The molecule has 0 aliphatic heterocycles. The molecule has 1 heterocycles. The largest absolute Gasteiger partial charge is 0.481 e. The maximum absolute atomic E-state index is 12.0. The van der Waals surface area contributed by atoms with Crippen molar-refractivity contribution >= 4 is 11.9 Å². The molecule has 1 aliphatic rings. The van der Waals surface area contributed by atoms with E-state index in [1.165, 1.54) is 0 Å². The minimum Gasteiger partial charge on any atom is -0.481 e. The predicted molar refractivity (Wildman–Crippen MR) is 73.0 cm³/mol. The number of aryl methyl sites for hydroxylation is 1. The monoisotopic (exact) mass is 279 g/mol. The number of nitrogens with zero attached hydrogens (tertiary/aromatic N) is 2. The summed E-state index contributed by atoms with van der Waals surface area (Å²) in [6.07, 6.45) is 5.32. The molecule has 1 saturated carbocycles. The van der Waals surface area contributed by atoms with Gasteiger partial charge in [-0.05, 0) is 25.3 Å². The van der Waals surface area contributed by atoms with Crippen molar-refractivity contribution in [1.82, 2.24) is 15.1 Å². The summed E-state index contributed by atoms with van der Waals surface area (Å²) >= 11 is 0. The Bertz CT molecular complexity index is 484. The van der Waals surface area contributed by atoms with Gasteiger partial charge in [-0.1, -0.05) is 6.42 Å². The number of hydrogen-bond acceptors (Lipinski definition) is 3. The molecule has 6 nitrogen and oxygen atoms in total. The lowest BCUT2D eigenvalue weighted by molar-refractivity contribution is -0.144. The molecule has 0 aromatic carbocycles. The fourth-order valence-corrected chi connectivity index (χ4v) is 2.71. The standard InChI is InChI=1S/C14H21N3O3/c1-17-8-6-12(16-17)5-7-15-13(18)10-3-2-4-11(9-10)14(19)20/h6,8,10-11H,2-5,7,9H2,1H3,(H,15,18)(H,19,20). The number of carbonyl (C=O) groups excluding carboxylic acids is 1. The van der Waals surface area contributed by atoms with Crippen LogP contribution in [0.4, 0.5) is 0 Å². The first-order valence-corrected chi connectivity index (χ1v) is 7.05. The Labute approximate surface area is 118 Å². The van der Waals surface area contributed by atoms with Gasteiger partial charge in [0.1, 0.15) is 0 Å². The normalized spacial score (nSPS) is 22.4. The summed E-state index contributed by atoms with van der Waals surface area (Å²) in [5.74, 6) is -1.33. The smallest absolute Gasteiger partial charge is 0.306 e. The second kappa shape index (κ2) is 6.54. The number of amides is 1. The van der Waals surface area contributed by atoms with Crippen LogP contribution >= 0.6 is 0 Å². The van der Waals surface area contributed by atoms with E-state index in [2.05, 4.69) is 10.4 Å². The van der Waals surface area contributed by atoms with E-state index >= 15 is 0 Å². The number of aliphatic carboxylic acids is 1. The fourth-order valence-electron chi connectivity index (χ4n) is 2.71. The highest BCUT2D eigenvalue weighted by molar-refractivity contribution is 5.80. The summed E-state index contributed by atoms with van der Waals surface area (Å²) in [6.45, 7) is 0.546. The average Bonchev–Trinajstić information content (AvgIpc) is 2.84. The van der Waals surface area contributed by atoms with Gasteiger partial charge in [-0.15, -0.1) is 0 Å². The van der Waals surface area contributed by atoms with Crippen molar-refractivity contribution in [2.75, 3.05) is 6.54 Å². The lowest BCUT2D eigenvalue weighted by Gasteiger charge is -2.25. The molecular formula is C14H21N3O3. The zero-order chi connectivity index (χ0) is 14.5. The van der Waals surface area contributed by atoms with Gasteiger partial charge in [-0.25, -0.2) is 0 Å². The number of carboxylic acid groups (broad SMARTS) is 1. The molecule has 0 bridgehead atoms. The quantitative estimate of drug-likeness (QED) is 0.841. The van der Waals surface area contributed by atoms with Crippen LogP contribution in [0.25, 0.3) is 0 Å². The molecule has 20 heavy (non-hydrogen) atoms. The molecular weight excluding hydrogens is 258 g/mol. The Hall–Kier alpha value is -1.85. The minimum atomic E-state index is -0.781. The summed E-state index contributed by atoms with van der Waals surface area (Å²) in [6, 6.07) is 1.92. The first-order valence-electron chi connectivity index (χ1n) is 7.05. The highest BCUT2D eigenvalue weighted by atomic mass is 16.4. The molecule has 2 unspecified atom stereocenters. The van der Waals surface area contributed by atoms with Crippen LogP contribution in [0, 0.1) is 11.8 Å². The van der Waals surface area contributed by atoms with Crippen molar-refractivity contribution in [3.8, 4) is 0 Å². The summed E-state index contributed by atoms with van der Waals surface area (Å²) < 4.78 is 1.73. The van der Waals surface area contributed by atoms with E-state index in [9.17, 15) is 9.59 Å². The van der Waals surface area contributed by atoms with Gasteiger partial charge >= 0.3 is 5.97 Å². The lowest BCUT2D eigenvalue weighted by atomic mass is 9.81. The van der Waals surface area contributed by atoms with Crippen LogP contribution in [-0.2, 0) is 23.1 Å². The summed E-state index contributed by atoms with van der Waals surface area (Å²) in [7, 11) is 1.86. The molecule has 0 spiro atoms. The van der Waals surface area contributed by atoms with Gasteiger partial charge in [0.2, 0.25) is 5.91 Å². The molecule has 110 valence electrons. The SMILES string of the molecule is Cn1ccc(CCNC(=O)C2CCCC(C(=O)O)C2)n1. The number of aromatic nitrogens is 2. The molecule has 2 atom stereocenters. The second-order valence-electron chi connectivity index (χ2n) is 5.42. The third kappa shape index (κ3) is 3.82. The van der Waals surface area contributed by atoms with Crippen LogP contribution in [0.2, 0.25) is 0 Å². The van der Waals surface area contributed by atoms with Crippen molar-refractivity contribution in [2.24, 2.45) is 18.9 Å². The minimum absolute atomic E-state index is 0.0214. The predicted octanol–water partition coefficient (Wildman–Crippen LogP) is 0.970. The van der Waals surface area contributed by atoms with Gasteiger partial charge in [0.15, 0.2) is 0 Å². The van der Waals surface area contributed by atoms with Gasteiger partial charge in [-0.3, -0.25) is 14.3 Å². The maximum Gasteiger partial charge on any atom is 0.306 e. The molecule has 0 saturated heterocycles. The van der Waals surface area contributed by atoms with Crippen molar-refractivity contribution in [3.63, 3.8) is 0 Å². The van der Waals surface area contributed by atoms with Crippen LogP contribution < -0.4 is 5.32 Å². The Balaban J connectivity index is 1.75. The van der Waals surface area contributed by atoms with Gasteiger partial charge in [0.05, 0.1) is 11.6 Å². The topological polar surface area (TPSA) is 84.2 Å². The Morgan fingerprint density at radius 2 is 2.20 bits per heavy atom. The van der Waals surface area contributed by atoms with Crippen LogP contribution in [-0.4, -0.2) is 33.3 Å². The lowest BCUT2D eigenvalue weighted by Crippen LogP contribution is -2.36. The highest BCUT2D eigenvalue weighted by Crippen LogP contribution is 2.29. The van der Waals surface area contributed by atoms with Gasteiger partial charge < -0.3 is 10.4 Å². The number of hydrogen-bond donors (Lipinski definition) is 2. The van der Waals surface area contributed by atoms with Gasteiger partial charge in [0.25, 0.3) is 0 Å². The summed E-state index contributed by atoms with van der Waals surface area (Å²) in [4.78, 5) is 23.0. The van der Waals surface area contributed by atoms with E-state index in [4.69, 9.17) is 5.11 Å². The molecule has 2 N–H and O–H groups in total.